The van der Waals surface area contributed by atoms with Gasteiger partial charge >= 0.3 is 0 Å². The molecule has 2 aromatic carbocycles. The zero-order valence-electron chi connectivity index (χ0n) is 18.4. The molecule has 0 amide bonds. The number of thiocarbonyl (C=S) groups is 1. The van der Waals surface area contributed by atoms with Crippen molar-refractivity contribution in [1.82, 2.24) is 10.3 Å². The molecule has 32 heavy (non-hydrogen) atoms. The van der Waals surface area contributed by atoms with Gasteiger partial charge in [-0.25, -0.2) is 4.39 Å². The molecule has 4 rings (SSSR count). The van der Waals surface area contributed by atoms with Crippen LogP contribution in [0, 0.1) is 5.82 Å². The van der Waals surface area contributed by atoms with Crippen molar-refractivity contribution in [2.45, 2.75) is 0 Å². The molecule has 0 unspecified atom stereocenters. The topological polar surface area (TPSA) is 63.4 Å². The Kier molecular flexibility index (Phi) is 7.06. The van der Waals surface area contributed by atoms with Crippen LogP contribution in [0.15, 0.2) is 47.6 Å². The molecule has 2 aromatic rings. The van der Waals surface area contributed by atoms with Crippen molar-refractivity contribution >= 4 is 40.6 Å². The molecule has 9 heteroatoms. The highest BCUT2D eigenvalue weighted by atomic mass is 32.1. The van der Waals surface area contributed by atoms with E-state index in [2.05, 4.69) is 61.4 Å². The smallest absolute Gasteiger partial charge is 0.184 e. The number of benzene rings is 2. The lowest BCUT2D eigenvalue weighted by Gasteiger charge is -2.39. The van der Waals surface area contributed by atoms with Gasteiger partial charge in [-0.2, -0.15) is 5.10 Å². The SMILES string of the molecule is CN1CCN(c2cc(N3CCN(c4ccccc4)CC3)c(F)cc2/C=N/NC(N)=S)CC1. The molecule has 7 nitrogen and oxygen atoms in total. The number of hydrazone groups is 1. The van der Waals surface area contributed by atoms with E-state index in [4.69, 9.17) is 18.0 Å². The van der Waals surface area contributed by atoms with Crippen LogP contribution in [0.5, 0.6) is 0 Å². The van der Waals surface area contributed by atoms with Crippen LogP contribution in [0.3, 0.4) is 0 Å². The van der Waals surface area contributed by atoms with E-state index < -0.39 is 0 Å². The number of rotatable bonds is 5. The Labute approximate surface area is 194 Å². The minimum absolute atomic E-state index is 0.0794. The average molecular weight is 456 g/mol. The Bertz CT molecular complexity index is 952. The third-order valence-corrected chi connectivity index (χ3v) is 6.15. The van der Waals surface area contributed by atoms with Crippen molar-refractivity contribution in [2.24, 2.45) is 10.8 Å². The number of nitrogens with two attached hydrogens (primary N) is 1. The minimum Gasteiger partial charge on any atom is -0.375 e. The van der Waals surface area contributed by atoms with E-state index in [1.807, 2.05) is 12.1 Å². The summed E-state index contributed by atoms with van der Waals surface area (Å²) in [6.45, 7) is 6.94. The first-order chi connectivity index (χ1) is 15.5. The standard InChI is InChI=1S/C23H30FN7S/c1-28-7-9-30(10-8-28)21-16-22(20(24)15-18(21)17-26-27-23(25)32)31-13-11-29(12-14-31)19-5-3-2-4-6-19/h2-6,15-17H,7-14H2,1H3,(H3,25,27,32)/b26-17+. The fraction of sp³-hybridized carbons (Fsp3) is 0.391. The Morgan fingerprint density at radius 2 is 1.53 bits per heavy atom. The Hall–Kier alpha value is -2.91. The van der Waals surface area contributed by atoms with E-state index in [9.17, 15) is 0 Å². The van der Waals surface area contributed by atoms with Crippen molar-refractivity contribution in [2.75, 3.05) is 74.1 Å². The first-order valence-corrected chi connectivity index (χ1v) is 11.3. The molecule has 2 aliphatic heterocycles. The van der Waals surface area contributed by atoms with Crippen LogP contribution in [-0.4, -0.2) is 75.6 Å². The summed E-state index contributed by atoms with van der Waals surface area (Å²) in [5.41, 5.74) is 11.6. The normalized spacial score (nSPS) is 17.8. The first kappa shape index (κ1) is 22.3. The van der Waals surface area contributed by atoms with E-state index >= 15 is 4.39 Å². The average Bonchev–Trinajstić information content (AvgIpc) is 2.80. The summed E-state index contributed by atoms with van der Waals surface area (Å²) in [6.07, 6.45) is 1.59. The molecule has 2 fully saturated rings. The number of para-hydroxylation sites is 1. The van der Waals surface area contributed by atoms with Crippen LogP contribution >= 0.6 is 12.2 Å². The van der Waals surface area contributed by atoms with E-state index in [0.29, 0.717) is 11.3 Å². The third-order valence-electron chi connectivity index (χ3n) is 6.06. The molecule has 0 atom stereocenters. The van der Waals surface area contributed by atoms with Gasteiger partial charge in [-0.15, -0.1) is 0 Å². The van der Waals surface area contributed by atoms with Gasteiger partial charge < -0.3 is 25.3 Å². The van der Waals surface area contributed by atoms with Crippen molar-refractivity contribution < 1.29 is 4.39 Å². The van der Waals surface area contributed by atoms with E-state index in [1.165, 1.54) is 5.69 Å². The maximum absolute atomic E-state index is 15.2. The molecule has 0 saturated carbocycles. The van der Waals surface area contributed by atoms with Gasteiger partial charge in [0.1, 0.15) is 5.82 Å². The Morgan fingerprint density at radius 1 is 0.938 bits per heavy atom. The van der Waals surface area contributed by atoms with Crippen LogP contribution in [0.25, 0.3) is 0 Å². The summed E-state index contributed by atoms with van der Waals surface area (Å²) >= 11 is 4.81. The van der Waals surface area contributed by atoms with E-state index in [0.717, 1.165) is 58.0 Å². The molecule has 0 aromatic heterocycles. The van der Waals surface area contributed by atoms with Gasteiger partial charge in [0.25, 0.3) is 0 Å². The minimum atomic E-state index is -0.243. The second-order valence-corrected chi connectivity index (χ2v) is 8.64. The van der Waals surface area contributed by atoms with Crippen LogP contribution < -0.4 is 25.9 Å². The predicted molar refractivity (Wildman–Crippen MR) is 134 cm³/mol. The summed E-state index contributed by atoms with van der Waals surface area (Å²) in [5, 5.41) is 4.15. The van der Waals surface area contributed by atoms with Gasteiger partial charge in [-0.05, 0) is 43.5 Å². The van der Waals surface area contributed by atoms with Crippen molar-refractivity contribution in [3.8, 4) is 0 Å². The fourth-order valence-electron chi connectivity index (χ4n) is 4.24. The largest absolute Gasteiger partial charge is 0.375 e. The molecule has 3 N–H and O–H groups in total. The molecular formula is C23H30FN7S. The molecule has 0 aliphatic carbocycles. The summed E-state index contributed by atoms with van der Waals surface area (Å²) in [6, 6.07) is 13.9. The number of piperazine rings is 2. The van der Waals surface area contributed by atoms with E-state index in [-0.39, 0.29) is 10.9 Å². The maximum atomic E-state index is 15.2. The van der Waals surface area contributed by atoms with Gasteiger partial charge in [0.05, 0.1) is 11.9 Å². The van der Waals surface area contributed by atoms with Crippen molar-refractivity contribution in [3.05, 3.63) is 53.8 Å². The molecule has 2 saturated heterocycles. The lowest BCUT2D eigenvalue weighted by Crippen LogP contribution is -2.47. The molecule has 0 bridgehead atoms. The van der Waals surface area contributed by atoms with Crippen molar-refractivity contribution in [1.29, 1.82) is 0 Å². The molecule has 2 aliphatic rings. The van der Waals surface area contributed by atoms with Gasteiger partial charge in [0, 0.05) is 69.3 Å². The summed E-state index contributed by atoms with van der Waals surface area (Å²) < 4.78 is 15.2. The lowest BCUT2D eigenvalue weighted by molar-refractivity contribution is 0.313. The number of hydrogen-bond acceptors (Lipinski definition) is 6. The molecule has 0 radical (unpaired) electrons. The van der Waals surface area contributed by atoms with Crippen LogP contribution in [0.1, 0.15) is 5.56 Å². The summed E-state index contributed by atoms with van der Waals surface area (Å²) in [4.78, 5) is 9.08. The zero-order chi connectivity index (χ0) is 22.5. The second kappa shape index (κ2) is 10.1. The summed E-state index contributed by atoms with van der Waals surface area (Å²) in [5.74, 6) is -0.243. The van der Waals surface area contributed by atoms with Crippen LogP contribution in [0.4, 0.5) is 21.5 Å². The zero-order valence-corrected chi connectivity index (χ0v) is 19.2. The second-order valence-electron chi connectivity index (χ2n) is 8.20. The number of hydrogen-bond donors (Lipinski definition) is 2. The number of nitrogens with zero attached hydrogens (tertiary/aromatic N) is 5. The Morgan fingerprint density at radius 3 is 2.19 bits per heavy atom. The van der Waals surface area contributed by atoms with Gasteiger partial charge in [-0.1, -0.05) is 18.2 Å². The number of nitrogens with one attached hydrogen (secondary N) is 1. The first-order valence-electron chi connectivity index (χ1n) is 10.9. The number of halogens is 1. The Balaban J connectivity index is 1.56. The monoisotopic (exact) mass is 455 g/mol. The van der Waals surface area contributed by atoms with Crippen molar-refractivity contribution in [3.63, 3.8) is 0 Å². The van der Waals surface area contributed by atoms with Crippen LogP contribution in [0.2, 0.25) is 0 Å². The van der Waals surface area contributed by atoms with E-state index in [1.54, 1.807) is 12.3 Å². The number of likely N-dealkylation sites (N-methyl/N-ethyl adjacent to an activating group) is 1. The van der Waals surface area contributed by atoms with Crippen LogP contribution in [-0.2, 0) is 0 Å². The molecule has 0 spiro atoms. The van der Waals surface area contributed by atoms with Gasteiger partial charge in [-0.3, -0.25) is 5.43 Å². The molecular weight excluding hydrogens is 425 g/mol. The third kappa shape index (κ3) is 5.28. The fourth-order valence-corrected chi connectivity index (χ4v) is 4.30. The highest BCUT2D eigenvalue weighted by Gasteiger charge is 2.24. The van der Waals surface area contributed by atoms with Gasteiger partial charge in [0.15, 0.2) is 5.11 Å². The predicted octanol–water partition coefficient (Wildman–Crippen LogP) is 2.07. The number of anilines is 3. The maximum Gasteiger partial charge on any atom is 0.184 e. The van der Waals surface area contributed by atoms with Gasteiger partial charge in [0.2, 0.25) is 0 Å². The summed E-state index contributed by atoms with van der Waals surface area (Å²) in [7, 11) is 2.12. The lowest BCUT2D eigenvalue weighted by atomic mass is 10.1. The highest BCUT2D eigenvalue weighted by Crippen LogP contribution is 2.31. The molecule has 170 valence electrons. The molecule has 2 heterocycles. The highest BCUT2D eigenvalue weighted by molar-refractivity contribution is 7.80. The quantitative estimate of drug-likeness (QED) is 0.407.